The number of guanidine groups is 1. The van der Waals surface area contributed by atoms with Crippen LogP contribution in [-0.4, -0.2) is 41.6 Å². The van der Waals surface area contributed by atoms with Crippen molar-refractivity contribution in [3.8, 4) is 0 Å². The van der Waals surface area contributed by atoms with E-state index in [0.29, 0.717) is 24.9 Å². The number of carbonyl (C=O) groups excluding carboxylic acids is 1. The van der Waals surface area contributed by atoms with E-state index in [1.807, 2.05) is 56.3 Å². The maximum absolute atomic E-state index is 12.1. The molecule has 1 aromatic heterocycles. The zero-order valence-corrected chi connectivity index (χ0v) is 16.7. The SMILES string of the molecule is CCNC(=NCC(C)(O)c1ccccc1)NCCC(=O)Nc1cccc(C)n1. The molecule has 0 radical (unpaired) electrons. The van der Waals surface area contributed by atoms with E-state index >= 15 is 0 Å². The summed E-state index contributed by atoms with van der Waals surface area (Å²) in [5, 5.41) is 19.7. The summed E-state index contributed by atoms with van der Waals surface area (Å²) in [6, 6.07) is 14.9. The largest absolute Gasteiger partial charge is 0.384 e. The number of rotatable bonds is 8. The molecule has 1 atom stereocenters. The molecule has 4 N–H and O–H groups in total. The van der Waals surface area contributed by atoms with E-state index in [4.69, 9.17) is 0 Å². The number of pyridine rings is 1. The second kappa shape index (κ2) is 10.4. The van der Waals surface area contributed by atoms with Gasteiger partial charge in [-0.2, -0.15) is 0 Å². The van der Waals surface area contributed by atoms with Gasteiger partial charge in [0.25, 0.3) is 0 Å². The Labute approximate surface area is 166 Å². The third-order valence-corrected chi connectivity index (χ3v) is 4.09. The van der Waals surface area contributed by atoms with E-state index < -0.39 is 5.60 Å². The van der Waals surface area contributed by atoms with Gasteiger partial charge in [-0.15, -0.1) is 0 Å². The van der Waals surface area contributed by atoms with Crippen LogP contribution in [0.25, 0.3) is 0 Å². The fraction of sp³-hybridized carbons (Fsp3) is 0.381. The third-order valence-electron chi connectivity index (χ3n) is 4.09. The van der Waals surface area contributed by atoms with Crippen LogP contribution in [0.3, 0.4) is 0 Å². The summed E-state index contributed by atoms with van der Waals surface area (Å²) < 4.78 is 0. The molecule has 0 aliphatic rings. The molecule has 2 rings (SSSR count). The lowest BCUT2D eigenvalue weighted by Crippen LogP contribution is -2.40. The van der Waals surface area contributed by atoms with Gasteiger partial charge in [0.1, 0.15) is 11.4 Å². The third kappa shape index (κ3) is 7.00. The highest BCUT2D eigenvalue weighted by Gasteiger charge is 2.22. The lowest BCUT2D eigenvalue weighted by atomic mass is 9.96. The molecule has 7 nitrogen and oxygen atoms in total. The number of hydrogen-bond donors (Lipinski definition) is 4. The second-order valence-electron chi connectivity index (χ2n) is 6.72. The monoisotopic (exact) mass is 383 g/mol. The molecule has 0 aliphatic heterocycles. The van der Waals surface area contributed by atoms with Crippen molar-refractivity contribution in [1.29, 1.82) is 0 Å². The molecule has 150 valence electrons. The second-order valence-corrected chi connectivity index (χ2v) is 6.72. The number of aliphatic imine (C=N–C) groups is 1. The van der Waals surface area contributed by atoms with Crippen molar-refractivity contribution in [1.82, 2.24) is 15.6 Å². The first-order chi connectivity index (χ1) is 13.4. The lowest BCUT2D eigenvalue weighted by molar-refractivity contribution is -0.116. The first kappa shape index (κ1) is 21.4. The van der Waals surface area contributed by atoms with Gasteiger partial charge in [-0.1, -0.05) is 36.4 Å². The Bertz CT molecular complexity index is 790. The Morgan fingerprint density at radius 2 is 1.89 bits per heavy atom. The van der Waals surface area contributed by atoms with E-state index in [1.165, 1.54) is 0 Å². The molecular weight excluding hydrogens is 354 g/mol. The van der Waals surface area contributed by atoms with E-state index in [2.05, 4.69) is 25.9 Å². The number of aromatic nitrogens is 1. The van der Waals surface area contributed by atoms with Crippen molar-refractivity contribution in [2.45, 2.75) is 32.8 Å². The van der Waals surface area contributed by atoms with Crippen molar-refractivity contribution in [3.05, 3.63) is 59.8 Å². The van der Waals surface area contributed by atoms with Crippen LogP contribution in [-0.2, 0) is 10.4 Å². The fourth-order valence-corrected chi connectivity index (χ4v) is 2.58. The molecular formula is C21H29N5O2. The number of carbonyl (C=O) groups is 1. The lowest BCUT2D eigenvalue weighted by Gasteiger charge is -2.22. The summed E-state index contributed by atoms with van der Waals surface area (Å²) in [6.07, 6.45) is 0.273. The Hall–Kier alpha value is -2.93. The Kier molecular flexibility index (Phi) is 7.95. The van der Waals surface area contributed by atoms with Crippen molar-refractivity contribution in [3.63, 3.8) is 0 Å². The summed E-state index contributed by atoms with van der Waals surface area (Å²) in [5.41, 5.74) is 0.584. The summed E-state index contributed by atoms with van der Waals surface area (Å²) in [7, 11) is 0. The number of nitrogens with one attached hydrogen (secondary N) is 3. The fourth-order valence-electron chi connectivity index (χ4n) is 2.58. The van der Waals surface area contributed by atoms with Crippen LogP contribution >= 0.6 is 0 Å². The highest BCUT2D eigenvalue weighted by molar-refractivity contribution is 5.90. The minimum Gasteiger partial charge on any atom is -0.384 e. The molecule has 1 aromatic carbocycles. The van der Waals surface area contributed by atoms with Gasteiger partial charge in [-0.05, 0) is 38.5 Å². The molecule has 0 aliphatic carbocycles. The van der Waals surface area contributed by atoms with E-state index in [9.17, 15) is 9.90 Å². The van der Waals surface area contributed by atoms with Crippen molar-refractivity contribution < 1.29 is 9.90 Å². The van der Waals surface area contributed by atoms with Gasteiger partial charge in [0.2, 0.25) is 5.91 Å². The molecule has 1 amide bonds. The van der Waals surface area contributed by atoms with Crippen LogP contribution in [0.1, 0.15) is 31.5 Å². The van der Waals surface area contributed by atoms with Crippen LogP contribution in [0, 0.1) is 6.92 Å². The predicted molar refractivity (Wildman–Crippen MR) is 112 cm³/mol. The van der Waals surface area contributed by atoms with E-state index in [-0.39, 0.29) is 18.9 Å². The zero-order valence-electron chi connectivity index (χ0n) is 16.7. The number of aryl methyl sites for hydroxylation is 1. The van der Waals surface area contributed by atoms with Gasteiger partial charge in [-0.25, -0.2) is 9.98 Å². The number of anilines is 1. The molecule has 1 heterocycles. The molecule has 0 spiro atoms. The highest BCUT2D eigenvalue weighted by atomic mass is 16.3. The number of amides is 1. The zero-order chi connectivity index (χ0) is 20.4. The number of nitrogens with zero attached hydrogens (tertiary/aromatic N) is 2. The Morgan fingerprint density at radius 3 is 2.57 bits per heavy atom. The minimum absolute atomic E-state index is 0.127. The summed E-state index contributed by atoms with van der Waals surface area (Å²) in [6.45, 7) is 6.86. The molecule has 1 unspecified atom stereocenters. The average Bonchev–Trinajstić information content (AvgIpc) is 2.67. The topological polar surface area (TPSA) is 98.6 Å². The summed E-state index contributed by atoms with van der Waals surface area (Å²) >= 11 is 0. The van der Waals surface area contributed by atoms with E-state index in [1.54, 1.807) is 13.0 Å². The van der Waals surface area contributed by atoms with Crippen LogP contribution in [0.5, 0.6) is 0 Å². The average molecular weight is 383 g/mol. The minimum atomic E-state index is -1.07. The van der Waals surface area contributed by atoms with Crippen LogP contribution in [0.2, 0.25) is 0 Å². The van der Waals surface area contributed by atoms with E-state index in [0.717, 1.165) is 11.3 Å². The standard InChI is InChI=1S/C21H29N5O2/c1-4-22-20(24-15-21(3,28)17-10-6-5-7-11-17)23-14-13-19(27)26-18-12-8-9-16(2)25-18/h5-12,28H,4,13-15H2,1-3H3,(H2,22,23,24)(H,25,26,27). The summed E-state index contributed by atoms with van der Waals surface area (Å²) in [4.78, 5) is 20.8. The maximum Gasteiger partial charge on any atom is 0.227 e. The number of benzene rings is 1. The Morgan fingerprint density at radius 1 is 1.14 bits per heavy atom. The van der Waals surface area contributed by atoms with Gasteiger partial charge in [0.05, 0.1) is 6.54 Å². The Balaban J connectivity index is 1.86. The van der Waals surface area contributed by atoms with Crippen LogP contribution in [0.4, 0.5) is 5.82 Å². The number of hydrogen-bond acceptors (Lipinski definition) is 4. The molecule has 0 fully saturated rings. The molecule has 7 heteroatoms. The van der Waals surface area contributed by atoms with Crippen molar-refractivity contribution in [2.75, 3.05) is 25.0 Å². The smallest absolute Gasteiger partial charge is 0.227 e. The summed E-state index contributed by atoms with van der Waals surface area (Å²) in [5.74, 6) is 0.974. The molecule has 0 saturated heterocycles. The van der Waals surface area contributed by atoms with Gasteiger partial charge in [0.15, 0.2) is 5.96 Å². The van der Waals surface area contributed by atoms with Crippen molar-refractivity contribution >= 4 is 17.7 Å². The van der Waals surface area contributed by atoms with Crippen LogP contribution < -0.4 is 16.0 Å². The first-order valence-electron chi connectivity index (χ1n) is 9.44. The highest BCUT2D eigenvalue weighted by Crippen LogP contribution is 2.20. The molecule has 0 saturated carbocycles. The quantitative estimate of drug-likeness (QED) is 0.414. The van der Waals surface area contributed by atoms with Crippen molar-refractivity contribution in [2.24, 2.45) is 4.99 Å². The molecule has 28 heavy (non-hydrogen) atoms. The van der Waals surface area contributed by atoms with Gasteiger partial charge in [0, 0.05) is 25.2 Å². The van der Waals surface area contributed by atoms with Gasteiger partial charge >= 0.3 is 0 Å². The maximum atomic E-state index is 12.1. The first-order valence-corrected chi connectivity index (χ1v) is 9.44. The van der Waals surface area contributed by atoms with Crippen LogP contribution in [0.15, 0.2) is 53.5 Å². The van der Waals surface area contributed by atoms with Gasteiger partial charge < -0.3 is 21.1 Å². The molecule has 0 bridgehead atoms. The molecule has 2 aromatic rings. The number of aliphatic hydroxyl groups is 1. The van der Waals surface area contributed by atoms with Gasteiger partial charge in [-0.3, -0.25) is 4.79 Å². The predicted octanol–water partition coefficient (Wildman–Crippen LogP) is 2.18. The normalized spacial score (nSPS) is 13.5.